The second-order valence-corrected chi connectivity index (χ2v) is 5.04. The molecule has 102 valence electrons. The molecule has 1 aromatic rings. The molecule has 0 aliphatic carbocycles. The Morgan fingerprint density at radius 1 is 1.37 bits per heavy atom. The van der Waals surface area contributed by atoms with Gasteiger partial charge in [0.1, 0.15) is 5.54 Å². The van der Waals surface area contributed by atoms with E-state index < -0.39 is 17.6 Å². The van der Waals surface area contributed by atoms with Gasteiger partial charge < -0.3 is 10.2 Å². The van der Waals surface area contributed by atoms with Gasteiger partial charge in [-0.1, -0.05) is 29.8 Å². The normalized spacial score (nSPS) is 22.5. The van der Waals surface area contributed by atoms with Crippen LogP contribution in [0.1, 0.15) is 24.0 Å². The fourth-order valence-corrected chi connectivity index (χ4v) is 2.80. The molecule has 0 saturated carbocycles. The van der Waals surface area contributed by atoms with Gasteiger partial charge >= 0.3 is 12.1 Å². The monoisotopic (exact) mass is 263 g/mol. The molecule has 1 fully saturated rings. The number of benzene rings is 1. The average Bonchev–Trinajstić information content (AvgIpc) is 2.74. The Morgan fingerprint density at radius 2 is 2.11 bits per heavy atom. The van der Waals surface area contributed by atoms with Crippen molar-refractivity contribution < 1.29 is 19.8 Å². The van der Waals surface area contributed by atoms with Crippen molar-refractivity contribution in [3.63, 3.8) is 0 Å². The lowest BCUT2D eigenvalue weighted by molar-refractivity contribution is -0.148. The second kappa shape index (κ2) is 4.91. The highest BCUT2D eigenvalue weighted by Crippen LogP contribution is 2.33. The van der Waals surface area contributed by atoms with Gasteiger partial charge in [0.25, 0.3) is 0 Å². The van der Waals surface area contributed by atoms with E-state index in [0.717, 1.165) is 16.0 Å². The predicted molar refractivity (Wildman–Crippen MR) is 69.2 cm³/mol. The van der Waals surface area contributed by atoms with Crippen molar-refractivity contribution in [1.82, 2.24) is 4.90 Å². The molecule has 19 heavy (non-hydrogen) atoms. The van der Waals surface area contributed by atoms with Gasteiger partial charge in [0.05, 0.1) is 0 Å². The van der Waals surface area contributed by atoms with Crippen molar-refractivity contribution in [3.05, 3.63) is 35.4 Å². The number of amides is 1. The van der Waals surface area contributed by atoms with Crippen molar-refractivity contribution in [1.29, 1.82) is 0 Å². The van der Waals surface area contributed by atoms with Crippen molar-refractivity contribution in [2.45, 2.75) is 31.7 Å². The van der Waals surface area contributed by atoms with Crippen LogP contribution in [-0.2, 0) is 11.2 Å². The van der Waals surface area contributed by atoms with Crippen LogP contribution in [0, 0.1) is 6.92 Å². The Balaban J connectivity index is 2.35. The Labute approximate surface area is 111 Å². The number of hydrogen-bond acceptors (Lipinski definition) is 2. The summed E-state index contributed by atoms with van der Waals surface area (Å²) in [5.74, 6) is -1.06. The highest BCUT2D eigenvalue weighted by Gasteiger charge is 2.50. The summed E-state index contributed by atoms with van der Waals surface area (Å²) in [5, 5.41) is 18.7. The van der Waals surface area contributed by atoms with E-state index in [1.807, 2.05) is 31.2 Å². The molecule has 1 aromatic carbocycles. The lowest BCUT2D eigenvalue weighted by Crippen LogP contribution is -2.54. The van der Waals surface area contributed by atoms with Crippen LogP contribution in [0.2, 0.25) is 0 Å². The van der Waals surface area contributed by atoms with E-state index in [4.69, 9.17) is 0 Å². The smallest absolute Gasteiger partial charge is 0.408 e. The van der Waals surface area contributed by atoms with Crippen LogP contribution < -0.4 is 0 Å². The number of carbonyl (C=O) groups is 2. The van der Waals surface area contributed by atoms with E-state index >= 15 is 0 Å². The molecule has 0 aromatic heterocycles. The Kier molecular flexibility index (Phi) is 3.46. The van der Waals surface area contributed by atoms with E-state index in [2.05, 4.69) is 0 Å². The topological polar surface area (TPSA) is 77.8 Å². The first-order chi connectivity index (χ1) is 8.95. The molecule has 5 nitrogen and oxygen atoms in total. The van der Waals surface area contributed by atoms with Crippen molar-refractivity contribution in [2.75, 3.05) is 6.54 Å². The lowest BCUT2D eigenvalue weighted by Gasteiger charge is -2.32. The van der Waals surface area contributed by atoms with Crippen molar-refractivity contribution >= 4 is 12.1 Å². The molecule has 1 heterocycles. The van der Waals surface area contributed by atoms with Gasteiger partial charge in [0.15, 0.2) is 0 Å². The molecular formula is C14H17NO4. The Morgan fingerprint density at radius 3 is 2.68 bits per heavy atom. The first kappa shape index (κ1) is 13.4. The van der Waals surface area contributed by atoms with Crippen LogP contribution in [-0.4, -0.2) is 39.3 Å². The summed E-state index contributed by atoms with van der Waals surface area (Å²) >= 11 is 0. The van der Waals surface area contributed by atoms with Crippen LogP contribution >= 0.6 is 0 Å². The SMILES string of the molecule is Cc1cccc(CC2(C(=O)O)CCCN2C(=O)O)c1. The van der Waals surface area contributed by atoms with Gasteiger partial charge in [-0.15, -0.1) is 0 Å². The summed E-state index contributed by atoms with van der Waals surface area (Å²) in [5.41, 5.74) is 0.577. The number of likely N-dealkylation sites (tertiary alicyclic amines) is 1. The van der Waals surface area contributed by atoms with Crippen molar-refractivity contribution in [3.8, 4) is 0 Å². The summed E-state index contributed by atoms with van der Waals surface area (Å²) in [6.45, 7) is 2.22. The maximum atomic E-state index is 11.6. The van der Waals surface area contributed by atoms with Crippen LogP contribution in [0.15, 0.2) is 24.3 Å². The fraction of sp³-hybridized carbons (Fsp3) is 0.429. The highest BCUT2D eigenvalue weighted by atomic mass is 16.4. The molecule has 5 heteroatoms. The van der Waals surface area contributed by atoms with Crippen LogP contribution in [0.25, 0.3) is 0 Å². The standard InChI is InChI=1S/C14H17NO4/c1-10-4-2-5-11(8-10)9-14(12(16)17)6-3-7-15(14)13(18)19/h2,4-5,8H,3,6-7,9H2,1H3,(H,16,17)(H,18,19). The van der Waals surface area contributed by atoms with E-state index in [0.29, 0.717) is 12.8 Å². The molecular weight excluding hydrogens is 246 g/mol. The molecule has 2 rings (SSSR count). The number of hydrogen-bond donors (Lipinski definition) is 2. The van der Waals surface area contributed by atoms with E-state index in [1.54, 1.807) is 0 Å². The number of carboxylic acid groups (broad SMARTS) is 2. The summed E-state index contributed by atoms with van der Waals surface area (Å²) in [6.07, 6.45) is 0.0103. The third-order valence-corrected chi connectivity index (χ3v) is 3.70. The molecule has 0 spiro atoms. The maximum absolute atomic E-state index is 11.6. The first-order valence-electron chi connectivity index (χ1n) is 6.25. The lowest BCUT2D eigenvalue weighted by atomic mass is 9.88. The molecule has 1 aliphatic rings. The minimum absolute atomic E-state index is 0.219. The zero-order valence-electron chi connectivity index (χ0n) is 10.8. The summed E-state index contributed by atoms with van der Waals surface area (Å²) in [7, 11) is 0. The fourth-order valence-electron chi connectivity index (χ4n) is 2.80. The molecule has 2 N–H and O–H groups in total. The quantitative estimate of drug-likeness (QED) is 0.875. The van der Waals surface area contributed by atoms with Crippen LogP contribution in [0.3, 0.4) is 0 Å². The number of rotatable bonds is 3. The molecule has 1 unspecified atom stereocenters. The van der Waals surface area contributed by atoms with E-state index in [1.165, 1.54) is 0 Å². The van der Waals surface area contributed by atoms with Gasteiger partial charge in [-0.25, -0.2) is 9.59 Å². The molecule has 0 radical (unpaired) electrons. The number of aliphatic carboxylic acids is 1. The third-order valence-electron chi connectivity index (χ3n) is 3.70. The summed E-state index contributed by atoms with van der Waals surface area (Å²) in [4.78, 5) is 23.9. The Hall–Kier alpha value is -2.04. The number of aryl methyl sites for hydroxylation is 1. The Bertz CT molecular complexity index is 514. The maximum Gasteiger partial charge on any atom is 0.408 e. The predicted octanol–water partition coefficient (Wildman–Crippen LogP) is 2.13. The zero-order valence-corrected chi connectivity index (χ0v) is 10.8. The number of nitrogens with zero attached hydrogens (tertiary/aromatic N) is 1. The molecule has 1 atom stereocenters. The van der Waals surface area contributed by atoms with Gasteiger partial charge in [0, 0.05) is 13.0 Å². The molecule has 0 bridgehead atoms. The molecule has 1 aliphatic heterocycles. The zero-order chi connectivity index (χ0) is 14.0. The second-order valence-electron chi connectivity index (χ2n) is 5.04. The van der Waals surface area contributed by atoms with Gasteiger partial charge in [-0.3, -0.25) is 4.90 Å². The van der Waals surface area contributed by atoms with Gasteiger partial charge in [-0.2, -0.15) is 0 Å². The van der Waals surface area contributed by atoms with Crippen LogP contribution in [0.5, 0.6) is 0 Å². The summed E-state index contributed by atoms with van der Waals surface area (Å²) < 4.78 is 0. The largest absolute Gasteiger partial charge is 0.479 e. The summed E-state index contributed by atoms with van der Waals surface area (Å²) in [6, 6.07) is 7.54. The van der Waals surface area contributed by atoms with Crippen molar-refractivity contribution in [2.24, 2.45) is 0 Å². The van der Waals surface area contributed by atoms with Gasteiger partial charge in [0.2, 0.25) is 0 Å². The van der Waals surface area contributed by atoms with E-state index in [9.17, 15) is 19.8 Å². The van der Waals surface area contributed by atoms with E-state index in [-0.39, 0.29) is 13.0 Å². The minimum Gasteiger partial charge on any atom is -0.479 e. The molecule has 1 amide bonds. The first-order valence-corrected chi connectivity index (χ1v) is 6.25. The highest BCUT2D eigenvalue weighted by molar-refractivity contribution is 5.85. The average molecular weight is 263 g/mol. The number of carboxylic acids is 1. The molecule has 1 saturated heterocycles. The van der Waals surface area contributed by atoms with Gasteiger partial charge in [-0.05, 0) is 25.3 Å². The minimum atomic E-state index is -1.32. The third kappa shape index (κ3) is 2.41. The van der Waals surface area contributed by atoms with Crippen LogP contribution in [0.4, 0.5) is 4.79 Å².